The first-order valence-corrected chi connectivity index (χ1v) is 12.3. The highest BCUT2D eigenvalue weighted by molar-refractivity contribution is 6.03. The molecule has 7 heteroatoms. The topological polar surface area (TPSA) is 75.6 Å². The van der Waals surface area contributed by atoms with Crippen LogP contribution in [0.4, 0.5) is 5.69 Å². The first-order valence-electron chi connectivity index (χ1n) is 12.3. The molecule has 0 saturated carbocycles. The third-order valence-electron chi connectivity index (χ3n) is 7.13. The number of allylic oxidation sites excluding steroid dienone is 1. The molecule has 0 unspecified atom stereocenters. The lowest BCUT2D eigenvalue weighted by atomic mass is 9.92. The van der Waals surface area contributed by atoms with Crippen molar-refractivity contribution in [3.05, 3.63) is 58.7 Å². The normalized spacial score (nSPS) is 20.9. The Morgan fingerprint density at radius 2 is 2.00 bits per heavy atom. The van der Waals surface area contributed by atoms with E-state index in [1.165, 1.54) is 0 Å². The molecule has 7 nitrogen and oxygen atoms in total. The molecule has 1 aliphatic carbocycles. The number of rotatable bonds is 7. The van der Waals surface area contributed by atoms with Crippen molar-refractivity contribution in [1.82, 2.24) is 14.9 Å². The zero-order valence-corrected chi connectivity index (χ0v) is 19.8. The summed E-state index contributed by atoms with van der Waals surface area (Å²) in [6.45, 7) is 8.00. The Balaban J connectivity index is 1.14. The van der Waals surface area contributed by atoms with Crippen LogP contribution in [0.1, 0.15) is 53.5 Å². The lowest BCUT2D eigenvalue weighted by Crippen LogP contribution is -2.46. The van der Waals surface area contributed by atoms with E-state index in [0.29, 0.717) is 31.1 Å². The van der Waals surface area contributed by atoms with Gasteiger partial charge in [-0.05, 0) is 53.7 Å². The molecule has 0 amide bonds. The zero-order chi connectivity index (χ0) is 23.5. The van der Waals surface area contributed by atoms with Gasteiger partial charge < -0.3 is 9.64 Å². The van der Waals surface area contributed by atoms with Gasteiger partial charge in [-0.1, -0.05) is 13.0 Å². The summed E-state index contributed by atoms with van der Waals surface area (Å²) in [5, 5.41) is 0. The maximum absolute atomic E-state index is 12.5. The number of carbonyl (C=O) groups is 2. The highest BCUT2D eigenvalue weighted by atomic mass is 16.5. The number of Topliss-reactive ketones (excluding diaryl/α,β-unsaturated/α-hetero) is 2. The predicted molar refractivity (Wildman–Crippen MR) is 131 cm³/mol. The fourth-order valence-electron chi connectivity index (χ4n) is 5.03. The molecule has 2 aliphatic heterocycles. The Hall–Kier alpha value is -2.90. The number of carbonyl (C=O) groups excluding carboxylic acids is 2. The molecule has 0 bridgehead atoms. The number of hydrogen-bond donors (Lipinski definition) is 0. The second-order valence-electron chi connectivity index (χ2n) is 9.53. The largest absolute Gasteiger partial charge is 0.381 e. The Labute approximate surface area is 200 Å². The molecule has 0 aromatic carbocycles. The molecule has 2 aromatic rings. The molecule has 2 fully saturated rings. The number of ketones is 2. The summed E-state index contributed by atoms with van der Waals surface area (Å²) in [4.78, 5) is 38.6. The van der Waals surface area contributed by atoms with Gasteiger partial charge in [0.15, 0.2) is 11.6 Å². The van der Waals surface area contributed by atoms with Crippen LogP contribution in [0.2, 0.25) is 0 Å². The number of hydrogen-bond acceptors (Lipinski definition) is 7. The third kappa shape index (κ3) is 5.10. The Kier molecular flexibility index (Phi) is 6.83. The van der Waals surface area contributed by atoms with Crippen molar-refractivity contribution in [2.24, 2.45) is 5.92 Å². The first-order chi connectivity index (χ1) is 16.6. The standard InChI is InChI=1S/C27H32N4O3/c1-2-21-13-25-22(14-26(21)32)11-20(15-28-25)17-30-6-8-31(9-7-30)23-3-4-24(29-16-23)27(33)12-19-5-10-34-18-19/h3-4,11,13,15-16,19H,2,5-10,12,14,17-18H2,1H3/t19-/m0/s1. The van der Waals surface area contributed by atoms with Crippen molar-refractivity contribution in [2.45, 2.75) is 39.2 Å². The predicted octanol–water partition coefficient (Wildman–Crippen LogP) is 3.33. The number of piperazine rings is 1. The van der Waals surface area contributed by atoms with E-state index in [1.807, 2.05) is 37.5 Å². The SMILES string of the molecule is CCC1=Cc2ncc(CN3CCN(c4ccc(C(=O)C[C@@H]5CCOC5)nc4)CC3)cc2CC1=O. The summed E-state index contributed by atoms with van der Waals surface area (Å²) in [7, 11) is 0. The van der Waals surface area contributed by atoms with Crippen LogP contribution in [0.3, 0.4) is 0 Å². The number of anilines is 1. The van der Waals surface area contributed by atoms with E-state index >= 15 is 0 Å². The maximum atomic E-state index is 12.5. The molecule has 34 heavy (non-hydrogen) atoms. The second-order valence-corrected chi connectivity index (χ2v) is 9.53. The molecule has 0 spiro atoms. The van der Waals surface area contributed by atoms with Crippen molar-refractivity contribution >= 4 is 23.3 Å². The highest BCUT2D eigenvalue weighted by Crippen LogP contribution is 2.24. The van der Waals surface area contributed by atoms with E-state index in [9.17, 15) is 9.59 Å². The van der Waals surface area contributed by atoms with Crippen molar-refractivity contribution in [1.29, 1.82) is 0 Å². The van der Waals surface area contributed by atoms with E-state index in [4.69, 9.17) is 4.74 Å². The number of ether oxygens (including phenoxy) is 1. The molecule has 4 heterocycles. The average Bonchev–Trinajstić information content (AvgIpc) is 3.37. The van der Waals surface area contributed by atoms with Gasteiger partial charge >= 0.3 is 0 Å². The van der Waals surface area contributed by atoms with E-state index in [2.05, 4.69) is 25.8 Å². The van der Waals surface area contributed by atoms with Gasteiger partial charge in [0, 0.05) is 65.0 Å². The lowest BCUT2D eigenvalue weighted by Gasteiger charge is -2.36. The van der Waals surface area contributed by atoms with Gasteiger partial charge in [0.05, 0.1) is 17.6 Å². The minimum atomic E-state index is 0.105. The summed E-state index contributed by atoms with van der Waals surface area (Å²) in [6, 6.07) is 6.02. The van der Waals surface area contributed by atoms with Gasteiger partial charge in [-0.25, -0.2) is 0 Å². The number of fused-ring (bicyclic) bond motifs is 1. The summed E-state index contributed by atoms with van der Waals surface area (Å²) in [5.74, 6) is 0.656. The fourth-order valence-corrected chi connectivity index (χ4v) is 5.03. The van der Waals surface area contributed by atoms with Crippen molar-refractivity contribution < 1.29 is 14.3 Å². The van der Waals surface area contributed by atoms with Crippen LogP contribution in [-0.2, 0) is 22.5 Å². The Morgan fingerprint density at radius 3 is 2.71 bits per heavy atom. The Morgan fingerprint density at radius 1 is 1.15 bits per heavy atom. The van der Waals surface area contributed by atoms with Crippen molar-refractivity contribution in [2.75, 3.05) is 44.3 Å². The fraction of sp³-hybridized carbons (Fsp3) is 0.481. The lowest BCUT2D eigenvalue weighted by molar-refractivity contribution is -0.115. The minimum absolute atomic E-state index is 0.105. The minimum Gasteiger partial charge on any atom is -0.381 e. The van der Waals surface area contributed by atoms with Crippen molar-refractivity contribution in [3.63, 3.8) is 0 Å². The van der Waals surface area contributed by atoms with Crippen LogP contribution in [0.5, 0.6) is 0 Å². The van der Waals surface area contributed by atoms with Gasteiger partial charge in [0.1, 0.15) is 5.69 Å². The van der Waals surface area contributed by atoms with Crippen LogP contribution in [0.25, 0.3) is 6.08 Å². The van der Waals surface area contributed by atoms with Crippen LogP contribution in [0, 0.1) is 5.92 Å². The quantitative estimate of drug-likeness (QED) is 0.587. The summed E-state index contributed by atoms with van der Waals surface area (Å²) < 4.78 is 5.37. The second kappa shape index (κ2) is 10.2. The van der Waals surface area contributed by atoms with Gasteiger partial charge in [-0.15, -0.1) is 0 Å². The molecular formula is C27H32N4O3. The maximum Gasteiger partial charge on any atom is 0.181 e. The zero-order valence-electron chi connectivity index (χ0n) is 19.8. The van der Waals surface area contributed by atoms with Gasteiger partial charge in [0.2, 0.25) is 0 Å². The molecule has 2 saturated heterocycles. The number of aromatic nitrogens is 2. The van der Waals surface area contributed by atoms with Crippen LogP contribution >= 0.6 is 0 Å². The molecule has 2 aromatic heterocycles. The van der Waals surface area contributed by atoms with Crippen LogP contribution in [-0.4, -0.2) is 65.8 Å². The van der Waals surface area contributed by atoms with E-state index in [1.54, 1.807) is 0 Å². The molecular weight excluding hydrogens is 428 g/mol. The number of nitrogens with zero attached hydrogens (tertiary/aromatic N) is 4. The summed E-state index contributed by atoms with van der Waals surface area (Å²) in [5.41, 5.74) is 5.63. The number of pyridine rings is 2. The molecule has 3 aliphatic rings. The smallest absolute Gasteiger partial charge is 0.181 e. The third-order valence-corrected chi connectivity index (χ3v) is 7.13. The molecule has 0 radical (unpaired) electrons. The monoisotopic (exact) mass is 460 g/mol. The average molecular weight is 461 g/mol. The molecule has 0 N–H and O–H groups in total. The highest BCUT2D eigenvalue weighted by Gasteiger charge is 2.23. The first kappa shape index (κ1) is 22.9. The van der Waals surface area contributed by atoms with Crippen molar-refractivity contribution in [3.8, 4) is 0 Å². The summed E-state index contributed by atoms with van der Waals surface area (Å²) in [6.07, 6.45) is 8.43. The summed E-state index contributed by atoms with van der Waals surface area (Å²) >= 11 is 0. The van der Waals surface area contributed by atoms with E-state index in [-0.39, 0.29) is 11.6 Å². The van der Waals surface area contributed by atoms with Crippen LogP contribution in [0.15, 0.2) is 36.2 Å². The van der Waals surface area contributed by atoms with Crippen LogP contribution < -0.4 is 4.90 Å². The van der Waals surface area contributed by atoms with Gasteiger partial charge in [-0.3, -0.25) is 24.5 Å². The van der Waals surface area contributed by atoms with E-state index < -0.39 is 0 Å². The molecule has 1 atom stereocenters. The Bertz CT molecular complexity index is 1080. The molecule has 5 rings (SSSR count). The van der Waals surface area contributed by atoms with E-state index in [0.717, 1.165) is 80.3 Å². The molecule has 178 valence electrons. The van der Waals surface area contributed by atoms with Gasteiger partial charge in [0.25, 0.3) is 0 Å². The van der Waals surface area contributed by atoms with Gasteiger partial charge in [-0.2, -0.15) is 0 Å².